The van der Waals surface area contributed by atoms with Crippen molar-refractivity contribution in [3.8, 4) is 0 Å². The fourth-order valence-corrected chi connectivity index (χ4v) is 3.02. The fraction of sp³-hybridized carbons (Fsp3) is 0.111. The third-order valence-corrected chi connectivity index (χ3v) is 4.59. The molecule has 5 nitrogen and oxygen atoms in total. The van der Waals surface area contributed by atoms with Crippen molar-refractivity contribution >= 4 is 69.9 Å². The van der Waals surface area contributed by atoms with E-state index >= 15 is 0 Å². The zero-order chi connectivity index (χ0) is 18.8. The number of nitrogens with zero attached hydrogens (tertiary/aromatic N) is 2. The first kappa shape index (κ1) is 18.5. The molecule has 2 aromatic carbocycles. The summed E-state index contributed by atoms with van der Waals surface area (Å²) in [5.74, 6) is -2.10. The van der Waals surface area contributed by atoms with Gasteiger partial charge in [0.05, 0.1) is 11.4 Å². The number of rotatable bonds is 3. The second-order valence-corrected chi connectivity index (χ2v) is 6.89. The predicted octanol–water partition coefficient (Wildman–Crippen LogP) is 4.07. The Labute approximate surface area is 165 Å². The molecule has 0 unspecified atom stereocenters. The van der Waals surface area contributed by atoms with Crippen molar-refractivity contribution < 1.29 is 9.59 Å². The molecule has 3 rings (SSSR count). The van der Waals surface area contributed by atoms with E-state index in [1.807, 2.05) is 13.0 Å². The number of carbonyl (C=O) groups is 2. The maximum Gasteiger partial charge on any atom is 0.251 e. The molecular weight excluding hydrogens is 393 g/mol. The lowest BCUT2D eigenvalue weighted by Gasteiger charge is -2.30. The minimum atomic E-state index is -1.10. The van der Waals surface area contributed by atoms with Gasteiger partial charge in [-0.1, -0.05) is 29.3 Å². The number of hydrogen-bond donors (Lipinski definition) is 1. The zero-order valence-electron chi connectivity index (χ0n) is 13.6. The van der Waals surface area contributed by atoms with Gasteiger partial charge in [-0.2, -0.15) is 0 Å². The van der Waals surface area contributed by atoms with Gasteiger partial charge in [0.2, 0.25) is 5.91 Å². The van der Waals surface area contributed by atoms with Crippen LogP contribution in [-0.2, 0) is 9.59 Å². The molecule has 2 aromatic rings. The van der Waals surface area contributed by atoms with Crippen molar-refractivity contribution in [2.75, 3.05) is 4.90 Å². The Morgan fingerprint density at radius 3 is 2.46 bits per heavy atom. The highest BCUT2D eigenvalue weighted by atomic mass is 35.5. The molecule has 1 fully saturated rings. The summed E-state index contributed by atoms with van der Waals surface area (Å²) < 4.78 is 0. The number of amides is 2. The summed E-state index contributed by atoms with van der Waals surface area (Å²) in [6.07, 6.45) is 1.31. The smallest absolute Gasteiger partial charge is 0.251 e. The van der Waals surface area contributed by atoms with E-state index in [1.54, 1.807) is 36.4 Å². The molecule has 0 spiro atoms. The predicted molar refractivity (Wildman–Crippen MR) is 108 cm³/mol. The van der Waals surface area contributed by atoms with Gasteiger partial charge in [-0.05, 0) is 61.1 Å². The van der Waals surface area contributed by atoms with Gasteiger partial charge in [0.25, 0.3) is 5.91 Å². The number of anilines is 1. The molecule has 1 aliphatic rings. The second kappa shape index (κ2) is 7.53. The van der Waals surface area contributed by atoms with Crippen LogP contribution in [0.3, 0.4) is 0 Å². The Bertz CT molecular complexity index is 929. The van der Waals surface area contributed by atoms with Crippen LogP contribution in [0.15, 0.2) is 47.5 Å². The molecule has 1 N–H and O–H groups in total. The number of thiocarbonyl (C=S) groups is 1. The molecule has 0 aromatic heterocycles. The van der Waals surface area contributed by atoms with Crippen LogP contribution in [-0.4, -0.2) is 23.1 Å². The Hall–Kier alpha value is -2.28. The van der Waals surface area contributed by atoms with Gasteiger partial charge in [-0.25, -0.2) is 0 Å². The average molecular weight is 406 g/mol. The highest BCUT2D eigenvalue weighted by Gasteiger charge is 2.38. The van der Waals surface area contributed by atoms with Crippen LogP contribution >= 0.6 is 35.4 Å². The number of hydrogen-bond acceptors (Lipinski definition) is 4. The largest absolute Gasteiger partial charge is 0.301 e. The van der Waals surface area contributed by atoms with E-state index in [0.717, 1.165) is 5.56 Å². The molecule has 0 radical (unpaired) electrons. The zero-order valence-corrected chi connectivity index (χ0v) is 15.9. The third kappa shape index (κ3) is 3.77. The minimum Gasteiger partial charge on any atom is -0.301 e. The monoisotopic (exact) mass is 405 g/mol. The molecule has 2 amide bonds. The van der Waals surface area contributed by atoms with E-state index in [-0.39, 0.29) is 5.11 Å². The first-order valence-corrected chi connectivity index (χ1v) is 8.78. The molecule has 1 saturated heterocycles. The average Bonchev–Trinajstić information content (AvgIpc) is 2.59. The number of benzene rings is 2. The highest BCUT2D eigenvalue weighted by molar-refractivity contribution is 7.80. The van der Waals surface area contributed by atoms with Crippen molar-refractivity contribution in [2.24, 2.45) is 10.9 Å². The normalized spacial score (nSPS) is 17.7. The SMILES string of the molecule is Cc1ccc(Cl)cc1N=C[C@@H]1C(=O)NC(=S)N(c2ccc(Cl)cc2)C1=O. The van der Waals surface area contributed by atoms with Crippen LogP contribution in [0.25, 0.3) is 0 Å². The molecule has 1 aliphatic heterocycles. The lowest BCUT2D eigenvalue weighted by atomic mass is 10.1. The maximum atomic E-state index is 12.8. The molecule has 1 heterocycles. The lowest BCUT2D eigenvalue weighted by Crippen LogP contribution is -2.58. The molecule has 0 saturated carbocycles. The molecule has 0 aliphatic carbocycles. The number of aryl methyl sites for hydroxylation is 1. The van der Waals surface area contributed by atoms with Crippen molar-refractivity contribution in [2.45, 2.75) is 6.92 Å². The van der Waals surface area contributed by atoms with E-state index in [2.05, 4.69) is 10.3 Å². The van der Waals surface area contributed by atoms with Gasteiger partial charge < -0.3 is 5.32 Å². The fourth-order valence-electron chi connectivity index (χ4n) is 2.43. The van der Waals surface area contributed by atoms with Crippen LogP contribution in [0.2, 0.25) is 10.0 Å². The van der Waals surface area contributed by atoms with E-state index in [4.69, 9.17) is 35.4 Å². The second-order valence-electron chi connectivity index (χ2n) is 5.63. The van der Waals surface area contributed by atoms with Crippen molar-refractivity contribution in [1.29, 1.82) is 0 Å². The molecule has 132 valence electrons. The Balaban J connectivity index is 1.91. The summed E-state index contributed by atoms with van der Waals surface area (Å²) in [5.41, 5.74) is 1.98. The Morgan fingerprint density at radius 1 is 1.12 bits per heavy atom. The van der Waals surface area contributed by atoms with Crippen molar-refractivity contribution in [3.63, 3.8) is 0 Å². The quantitative estimate of drug-likeness (QED) is 0.475. The van der Waals surface area contributed by atoms with Crippen LogP contribution < -0.4 is 10.2 Å². The van der Waals surface area contributed by atoms with E-state index in [9.17, 15) is 9.59 Å². The summed E-state index contributed by atoms with van der Waals surface area (Å²) >= 11 is 17.0. The van der Waals surface area contributed by atoms with E-state index in [0.29, 0.717) is 21.4 Å². The lowest BCUT2D eigenvalue weighted by molar-refractivity contribution is -0.130. The van der Waals surface area contributed by atoms with Crippen molar-refractivity contribution in [1.82, 2.24) is 5.32 Å². The van der Waals surface area contributed by atoms with Gasteiger partial charge in [0.1, 0.15) is 0 Å². The summed E-state index contributed by atoms with van der Waals surface area (Å²) in [5, 5.41) is 3.60. The third-order valence-electron chi connectivity index (χ3n) is 3.82. The first-order chi connectivity index (χ1) is 12.4. The van der Waals surface area contributed by atoms with Gasteiger partial charge in [0, 0.05) is 16.3 Å². The molecule has 8 heteroatoms. The first-order valence-electron chi connectivity index (χ1n) is 7.61. The molecule has 1 atom stereocenters. The number of carbonyl (C=O) groups excluding carboxylic acids is 2. The topological polar surface area (TPSA) is 61.8 Å². The number of nitrogens with one attached hydrogen (secondary N) is 1. The minimum absolute atomic E-state index is 0.0194. The van der Waals surface area contributed by atoms with Gasteiger partial charge in [-0.15, -0.1) is 0 Å². The summed E-state index contributed by atoms with van der Waals surface area (Å²) in [7, 11) is 0. The molecular formula is C18H13Cl2N3O2S. The van der Waals surface area contributed by atoms with Crippen molar-refractivity contribution in [3.05, 3.63) is 58.1 Å². The maximum absolute atomic E-state index is 12.8. The van der Waals surface area contributed by atoms with E-state index < -0.39 is 17.7 Å². The standard InChI is InChI=1S/C18H13Cl2N3O2S/c1-10-2-3-12(20)8-15(10)21-9-14-16(24)22-18(26)23(17(14)25)13-6-4-11(19)5-7-13/h2-9,14H,1H3,(H,22,24,26)/t14-/m1/s1. The summed E-state index contributed by atoms with van der Waals surface area (Å²) in [6.45, 7) is 1.86. The summed E-state index contributed by atoms with van der Waals surface area (Å²) in [4.78, 5) is 30.6. The molecule has 0 bridgehead atoms. The van der Waals surface area contributed by atoms with Gasteiger partial charge in [-0.3, -0.25) is 19.5 Å². The molecule has 26 heavy (non-hydrogen) atoms. The van der Waals surface area contributed by atoms with Crippen LogP contribution in [0.1, 0.15) is 5.56 Å². The van der Waals surface area contributed by atoms with Gasteiger partial charge >= 0.3 is 0 Å². The number of halogens is 2. The van der Waals surface area contributed by atoms with Crippen LogP contribution in [0.4, 0.5) is 11.4 Å². The Kier molecular flexibility index (Phi) is 5.36. The number of aliphatic imine (C=N–C) groups is 1. The van der Waals surface area contributed by atoms with Gasteiger partial charge in [0.15, 0.2) is 11.0 Å². The highest BCUT2D eigenvalue weighted by Crippen LogP contribution is 2.25. The van der Waals surface area contributed by atoms with Crippen LogP contribution in [0.5, 0.6) is 0 Å². The summed E-state index contributed by atoms with van der Waals surface area (Å²) in [6, 6.07) is 11.8. The van der Waals surface area contributed by atoms with E-state index in [1.165, 1.54) is 11.1 Å². The van der Waals surface area contributed by atoms with Crippen LogP contribution in [0, 0.1) is 12.8 Å². The Morgan fingerprint density at radius 2 is 1.77 bits per heavy atom.